The van der Waals surface area contributed by atoms with Crippen LogP contribution in [0.15, 0.2) is 59.5 Å². The summed E-state index contributed by atoms with van der Waals surface area (Å²) in [6, 6.07) is 20.2. The van der Waals surface area contributed by atoms with E-state index < -0.39 is 0 Å². The first kappa shape index (κ1) is 26.0. The summed E-state index contributed by atoms with van der Waals surface area (Å²) in [5.41, 5.74) is 3.68. The third-order valence-corrected chi connectivity index (χ3v) is 8.12. The number of thiophene rings is 1. The molecule has 6 nitrogen and oxygen atoms in total. The van der Waals surface area contributed by atoms with Gasteiger partial charge in [-0.05, 0) is 42.2 Å². The summed E-state index contributed by atoms with van der Waals surface area (Å²) in [6.45, 7) is 4.60. The highest BCUT2D eigenvalue weighted by Gasteiger charge is 2.25. The van der Waals surface area contributed by atoms with Crippen LogP contribution in [0.5, 0.6) is 0 Å². The van der Waals surface area contributed by atoms with Crippen LogP contribution in [0.1, 0.15) is 47.8 Å². The van der Waals surface area contributed by atoms with Crippen molar-refractivity contribution in [2.24, 2.45) is 0 Å². The van der Waals surface area contributed by atoms with Crippen LogP contribution in [-0.4, -0.2) is 29.0 Å². The minimum atomic E-state index is -0.145. The molecule has 2 heterocycles. The topological polar surface area (TPSA) is 85.2 Å². The predicted octanol–water partition coefficient (Wildman–Crippen LogP) is 6.04. The van der Waals surface area contributed by atoms with Crippen molar-refractivity contribution in [3.8, 4) is 6.07 Å². The second kappa shape index (κ2) is 12.7. The summed E-state index contributed by atoms with van der Waals surface area (Å²) in [5, 5.41) is 16.3. The van der Waals surface area contributed by atoms with Crippen LogP contribution in [0, 0.1) is 11.3 Å². The smallest absolute Gasteiger partial charge is 0.235 e. The Hall–Kier alpha value is -3.12. The minimum absolute atomic E-state index is 0.00442. The lowest BCUT2D eigenvalue weighted by Gasteiger charge is -2.26. The van der Waals surface area contributed by atoms with Gasteiger partial charge in [0, 0.05) is 41.5 Å². The van der Waals surface area contributed by atoms with Crippen molar-refractivity contribution in [3.05, 3.63) is 76.2 Å². The average Bonchev–Trinajstić information content (AvgIpc) is 3.23. The van der Waals surface area contributed by atoms with E-state index in [4.69, 9.17) is 0 Å². The summed E-state index contributed by atoms with van der Waals surface area (Å²) >= 11 is 2.92. The van der Waals surface area contributed by atoms with Crippen LogP contribution in [0.2, 0.25) is 0 Å². The molecule has 2 amide bonds. The SMILES string of the molecule is CCCCC(=O)Nc1cccc(SCC(=O)Nc2sc3c(c2C#N)CCN(Cc2ccccc2)C3)c1. The lowest BCUT2D eigenvalue weighted by atomic mass is 10.0. The Kier molecular flexibility index (Phi) is 9.17. The van der Waals surface area contributed by atoms with Gasteiger partial charge in [-0.1, -0.05) is 49.7 Å². The van der Waals surface area contributed by atoms with E-state index in [-0.39, 0.29) is 17.6 Å². The molecular formula is C28H30N4O2S2. The number of rotatable bonds is 10. The minimum Gasteiger partial charge on any atom is -0.326 e. The predicted molar refractivity (Wildman–Crippen MR) is 147 cm³/mol. The van der Waals surface area contributed by atoms with E-state index in [0.717, 1.165) is 59.9 Å². The van der Waals surface area contributed by atoms with Crippen molar-refractivity contribution < 1.29 is 9.59 Å². The number of carbonyl (C=O) groups is 2. The molecule has 0 aliphatic carbocycles. The number of carbonyl (C=O) groups excluding carboxylic acids is 2. The van der Waals surface area contributed by atoms with Crippen LogP contribution >= 0.6 is 23.1 Å². The van der Waals surface area contributed by atoms with Crippen LogP contribution in [0.25, 0.3) is 0 Å². The number of benzene rings is 2. The highest BCUT2D eigenvalue weighted by molar-refractivity contribution is 8.00. The lowest BCUT2D eigenvalue weighted by molar-refractivity contribution is -0.116. The molecule has 0 bridgehead atoms. The van der Waals surface area contributed by atoms with Crippen molar-refractivity contribution in [2.75, 3.05) is 22.9 Å². The molecule has 0 radical (unpaired) electrons. The van der Waals surface area contributed by atoms with Gasteiger partial charge < -0.3 is 10.6 Å². The molecule has 0 unspecified atom stereocenters. The molecule has 1 aliphatic heterocycles. The molecule has 3 aromatic rings. The maximum atomic E-state index is 12.7. The Morgan fingerprint density at radius 3 is 2.72 bits per heavy atom. The fourth-order valence-corrected chi connectivity index (χ4v) is 6.19. The number of thioether (sulfide) groups is 1. The van der Waals surface area contributed by atoms with Gasteiger partial charge in [0.25, 0.3) is 0 Å². The van der Waals surface area contributed by atoms with E-state index in [0.29, 0.717) is 17.0 Å². The first-order chi connectivity index (χ1) is 17.6. The van der Waals surface area contributed by atoms with E-state index in [1.807, 2.05) is 30.3 Å². The number of anilines is 2. The van der Waals surface area contributed by atoms with Gasteiger partial charge in [0.15, 0.2) is 0 Å². The Bertz CT molecular complexity index is 1250. The molecule has 2 N–H and O–H groups in total. The molecule has 186 valence electrons. The number of unbranched alkanes of at least 4 members (excludes halogenated alkanes) is 1. The fourth-order valence-electron chi connectivity index (χ4n) is 4.18. The zero-order valence-corrected chi connectivity index (χ0v) is 22.0. The molecule has 4 rings (SSSR count). The standard InChI is InChI=1S/C28H30N4O2S2/c1-2-3-12-26(33)30-21-10-7-11-22(15-21)35-19-27(34)31-28-24(16-29)23-13-14-32(18-25(23)36-28)17-20-8-5-4-6-9-20/h4-11,15H,2-3,12-14,17-19H2,1H3,(H,30,33)(H,31,34). The third kappa shape index (κ3) is 6.97. The van der Waals surface area contributed by atoms with Crippen LogP contribution in [0.4, 0.5) is 10.7 Å². The van der Waals surface area contributed by atoms with E-state index in [9.17, 15) is 14.9 Å². The molecule has 1 aliphatic rings. The Morgan fingerprint density at radius 1 is 1.11 bits per heavy atom. The fraction of sp³-hybridized carbons (Fsp3) is 0.321. The molecule has 0 saturated heterocycles. The molecule has 0 fully saturated rings. The van der Waals surface area contributed by atoms with Crippen molar-refractivity contribution in [1.82, 2.24) is 4.90 Å². The van der Waals surface area contributed by atoms with Gasteiger partial charge in [-0.25, -0.2) is 0 Å². The number of nitriles is 1. The molecule has 36 heavy (non-hydrogen) atoms. The van der Waals surface area contributed by atoms with E-state index in [1.54, 1.807) is 0 Å². The molecular weight excluding hydrogens is 488 g/mol. The maximum absolute atomic E-state index is 12.7. The Morgan fingerprint density at radius 2 is 1.94 bits per heavy atom. The van der Waals surface area contributed by atoms with Crippen molar-refractivity contribution in [2.45, 2.75) is 50.6 Å². The number of fused-ring (bicyclic) bond motifs is 1. The van der Waals surface area contributed by atoms with Gasteiger partial charge in [0.2, 0.25) is 11.8 Å². The normalized spacial score (nSPS) is 13.0. The van der Waals surface area contributed by atoms with Crippen molar-refractivity contribution in [1.29, 1.82) is 5.26 Å². The number of nitrogens with zero attached hydrogens (tertiary/aromatic N) is 2. The molecule has 2 aromatic carbocycles. The van der Waals surface area contributed by atoms with Gasteiger partial charge in [0.05, 0.1) is 11.3 Å². The van der Waals surface area contributed by atoms with Gasteiger partial charge >= 0.3 is 0 Å². The molecule has 0 saturated carbocycles. The van der Waals surface area contributed by atoms with Crippen molar-refractivity contribution in [3.63, 3.8) is 0 Å². The molecule has 1 aromatic heterocycles. The Labute approximate surface area is 220 Å². The lowest BCUT2D eigenvalue weighted by Crippen LogP contribution is -2.29. The summed E-state index contributed by atoms with van der Waals surface area (Å²) in [7, 11) is 0. The summed E-state index contributed by atoms with van der Waals surface area (Å²) < 4.78 is 0. The zero-order chi connectivity index (χ0) is 25.3. The maximum Gasteiger partial charge on any atom is 0.235 e. The van der Waals surface area contributed by atoms with Gasteiger partial charge in [-0.2, -0.15) is 5.26 Å². The van der Waals surface area contributed by atoms with E-state index >= 15 is 0 Å². The molecule has 8 heteroatoms. The van der Waals surface area contributed by atoms with Gasteiger partial charge in [-0.15, -0.1) is 23.1 Å². The van der Waals surface area contributed by atoms with Crippen LogP contribution < -0.4 is 10.6 Å². The average molecular weight is 519 g/mol. The van der Waals surface area contributed by atoms with E-state index in [2.05, 4.69) is 52.8 Å². The summed E-state index contributed by atoms with van der Waals surface area (Å²) in [4.78, 5) is 29.2. The van der Waals surface area contributed by atoms with Crippen molar-refractivity contribution >= 4 is 45.6 Å². The first-order valence-corrected chi connectivity index (χ1v) is 14.0. The second-order valence-electron chi connectivity index (χ2n) is 8.78. The van der Waals surface area contributed by atoms with Gasteiger partial charge in [-0.3, -0.25) is 14.5 Å². The summed E-state index contributed by atoms with van der Waals surface area (Å²) in [5.74, 6) is 0.0826. The number of hydrogen-bond donors (Lipinski definition) is 2. The zero-order valence-electron chi connectivity index (χ0n) is 20.4. The second-order valence-corrected chi connectivity index (χ2v) is 10.9. The highest BCUT2D eigenvalue weighted by Crippen LogP contribution is 2.37. The van der Waals surface area contributed by atoms with Gasteiger partial charge in [0.1, 0.15) is 11.1 Å². The monoisotopic (exact) mass is 518 g/mol. The summed E-state index contributed by atoms with van der Waals surface area (Å²) in [6.07, 6.45) is 3.16. The highest BCUT2D eigenvalue weighted by atomic mass is 32.2. The van der Waals surface area contributed by atoms with E-state index in [1.165, 1.54) is 28.7 Å². The van der Waals surface area contributed by atoms with Crippen LogP contribution in [-0.2, 0) is 29.1 Å². The first-order valence-electron chi connectivity index (χ1n) is 12.2. The Balaban J connectivity index is 1.34. The largest absolute Gasteiger partial charge is 0.326 e. The molecule has 0 spiro atoms. The van der Waals surface area contributed by atoms with Crippen LogP contribution in [0.3, 0.4) is 0 Å². The number of hydrogen-bond acceptors (Lipinski definition) is 6. The third-order valence-electron chi connectivity index (χ3n) is 5.99. The number of amides is 2. The molecule has 0 atom stereocenters. The quantitative estimate of drug-likeness (QED) is 0.320. The number of nitrogens with one attached hydrogen (secondary N) is 2.